The Morgan fingerprint density at radius 3 is 2.47 bits per heavy atom. The second-order valence-electron chi connectivity index (χ2n) is 6.13. The van der Waals surface area contributed by atoms with Crippen molar-refractivity contribution in [2.75, 3.05) is 12.8 Å². The number of carbonyl (C=O) groups is 1. The summed E-state index contributed by atoms with van der Waals surface area (Å²) in [5.74, 6) is 0.254. The van der Waals surface area contributed by atoms with Gasteiger partial charge in [-0.1, -0.05) is 13.8 Å². The smallest absolute Gasteiger partial charge is 0.198 e. The first-order valence-corrected chi connectivity index (χ1v) is 6.71. The van der Waals surface area contributed by atoms with E-state index in [-0.39, 0.29) is 17.0 Å². The molecule has 0 atom stereocenters. The van der Waals surface area contributed by atoms with Gasteiger partial charge in [-0.25, -0.2) is 4.98 Å². The number of ketones is 1. The van der Waals surface area contributed by atoms with Gasteiger partial charge in [0.1, 0.15) is 11.4 Å². The minimum absolute atomic E-state index is 0.0314. The summed E-state index contributed by atoms with van der Waals surface area (Å²) < 4.78 is 5.61. The number of anilines is 1. The molecule has 4 nitrogen and oxygen atoms in total. The lowest BCUT2D eigenvalue weighted by atomic mass is 9.68. The number of ether oxygens (including phenoxy) is 1. The Morgan fingerprint density at radius 2 is 1.95 bits per heavy atom. The van der Waals surface area contributed by atoms with Crippen LogP contribution in [-0.2, 0) is 4.74 Å². The van der Waals surface area contributed by atoms with Crippen molar-refractivity contribution in [2.24, 2.45) is 5.41 Å². The van der Waals surface area contributed by atoms with E-state index in [1.807, 2.05) is 0 Å². The molecule has 0 unspecified atom stereocenters. The lowest BCUT2D eigenvalue weighted by Crippen LogP contribution is -2.46. The lowest BCUT2D eigenvalue weighted by Gasteiger charge is -2.41. The number of nitrogen functional groups attached to an aromatic ring is 1. The van der Waals surface area contributed by atoms with Gasteiger partial charge in [0.25, 0.3) is 0 Å². The number of nitrogens with zero attached hydrogens (tertiary/aromatic N) is 1. The van der Waals surface area contributed by atoms with E-state index in [0.29, 0.717) is 5.56 Å². The fraction of sp³-hybridized carbons (Fsp3) is 0.600. The summed E-state index contributed by atoms with van der Waals surface area (Å²) in [5, 5.41) is 0. The Balaban J connectivity index is 2.28. The Labute approximate surface area is 114 Å². The summed E-state index contributed by atoms with van der Waals surface area (Å²) in [6.45, 7) is 4.46. The molecule has 0 radical (unpaired) electrons. The molecule has 1 aromatic heterocycles. The summed E-state index contributed by atoms with van der Waals surface area (Å²) in [5.41, 5.74) is 5.83. The minimum atomic E-state index is -0.729. The van der Waals surface area contributed by atoms with Crippen LogP contribution in [0.25, 0.3) is 0 Å². The van der Waals surface area contributed by atoms with Crippen LogP contribution >= 0.6 is 0 Å². The Hall–Kier alpha value is -1.42. The molecule has 2 rings (SSSR count). The highest BCUT2D eigenvalue weighted by molar-refractivity contribution is 6.05. The number of hydrogen-bond donors (Lipinski definition) is 1. The van der Waals surface area contributed by atoms with Gasteiger partial charge < -0.3 is 10.5 Å². The molecule has 19 heavy (non-hydrogen) atoms. The van der Waals surface area contributed by atoms with Gasteiger partial charge in [-0.15, -0.1) is 0 Å². The predicted molar refractivity (Wildman–Crippen MR) is 75.0 cm³/mol. The third-order valence-electron chi connectivity index (χ3n) is 4.30. The quantitative estimate of drug-likeness (QED) is 0.851. The number of nitrogens with two attached hydrogens (primary N) is 1. The van der Waals surface area contributed by atoms with Crippen molar-refractivity contribution in [2.45, 2.75) is 45.1 Å². The first kappa shape index (κ1) is 14.0. The number of methoxy groups -OCH3 is 1. The summed E-state index contributed by atoms with van der Waals surface area (Å²) in [6.07, 6.45) is 5.03. The Bertz CT molecular complexity index is 473. The highest BCUT2D eigenvalue weighted by Gasteiger charge is 2.44. The van der Waals surface area contributed by atoms with Gasteiger partial charge in [0.05, 0.1) is 5.56 Å². The summed E-state index contributed by atoms with van der Waals surface area (Å²) in [6, 6.07) is 3.46. The molecule has 0 saturated heterocycles. The second kappa shape index (κ2) is 4.93. The largest absolute Gasteiger partial charge is 0.383 e. The van der Waals surface area contributed by atoms with Crippen LogP contribution in [0.4, 0.5) is 5.82 Å². The maximum absolute atomic E-state index is 12.7. The van der Waals surface area contributed by atoms with Gasteiger partial charge in [-0.2, -0.15) is 0 Å². The van der Waals surface area contributed by atoms with Crippen LogP contribution < -0.4 is 5.73 Å². The van der Waals surface area contributed by atoms with E-state index in [4.69, 9.17) is 10.5 Å². The molecule has 1 aliphatic carbocycles. The highest BCUT2D eigenvalue weighted by Crippen LogP contribution is 2.43. The van der Waals surface area contributed by atoms with E-state index in [2.05, 4.69) is 18.8 Å². The van der Waals surface area contributed by atoms with Crippen molar-refractivity contribution >= 4 is 11.6 Å². The predicted octanol–water partition coefficient (Wildman–Crippen LogP) is 2.83. The van der Waals surface area contributed by atoms with Crippen molar-refractivity contribution in [1.29, 1.82) is 0 Å². The summed E-state index contributed by atoms with van der Waals surface area (Å²) in [7, 11) is 1.61. The molecular weight excluding hydrogens is 240 g/mol. The maximum Gasteiger partial charge on any atom is 0.198 e. The topological polar surface area (TPSA) is 65.2 Å². The normalized spacial score (nSPS) is 21.0. The van der Waals surface area contributed by atoms with Gasteiger partial charge in [0.2, 0.25) is 0 Å². The van der Waals surface area contributed by atoms with E-state index in [0.717, 1.165) is 25.7 Å². The van der Waals surface area contributed by atoms with Crippen molar-refractivity contribution < 1.29 is 9.53 Å². The van der Waals surface area contributed by atoms with Gasteiger partial charge in [-0.3, -0.25) is 4.79 Å². The van der Waals surface area contributed by atoms with E-state index >= 15 is 0 Å². The molecule has 0 aromatic carbocycles. The van der Waals surface area contributed by atoms with Gasteiger partial charge >= 0.3 is 0 Å². The maximum atomic E-state index is 12.7. The van der Waals surface area contributed by atoms with Crippen molar-refractivity contribution in [3.05, 3.63) is 23.9 Å². The molecule has 1 heterocycles. The minimum Gasteiger partial charge on any atom is -0.383 e. The molecule has 104 valence electrons. The van der Waals surface area contributed by atoms with Crippen LogP contribution in [0.3, 0.4) is 0 Å². The van der Waals surface area contributed by atoms with Crippen LogP contribution in [0.5, 0.6) is 0 Å². The number of rotatable bonds is 3. The number of hydrogen-bond acceptors (Lipinski definition) is 4. The molecule has 1 saturated carbocycles. The third kappa shape index (κ3) is 2.63. The third-order valence-corrected chi connectivity index (χ3v) is 4.30. The average Bonchev–Trinajstić information content (AvgIpc) is 2.39. The molecule has 0 amide bonds. The molecule has 1 aliphatic rings. The first-order valence-electron chi connectivity index (χ1n) is 6.71. The molecule has 4 heteroatoms. The molecule has 0 spiro atoms. The van der Waals surface area contributed by atoms with Crippen LogP contribution in [0.1, 0.15) is 49.9 Å². The van der Waals surface area contributed by atoms with E-state index in [1.54, 1.807) is 25.4 Å². The summed E-state index contributed by atoms with van der Waals surface area (Å²) >= 11 is 0. The van der Waals surface area contributed by atoms with Crippen molar-refractivity contribution in [3.63, 3.8) is 0 Å². The fourth-order valence-electron chi connectivity index (χ4n) is 2.71. The number of aromatic nitrogens is 1. The van der Waals surface area contributed by atoms with Gasteiger partial charge in [0, 0.05) is 13.3 Å². The van der Waals surface area contributed by atoms with Crippen LogP contribution in [0.2, 0.25) is 0 Å². The SMILES string of the molecule is COC1(C(=O)c2cccnc2N)CCC(C)(C)CC1. The number of pyridine rings is 1. The van der Waals surface area contributed by atoms with Crippen molar-refractivity contribution in [3.8, 4) is 0 Å². The summed E-state index contributed by atoms with van der Waals surface area (Å²) in [4.78, 5) is 16.7. The monoisotopic (exact) mass is 262 g/mol. The van der Waals surface area contributed by atoms with Gasteiger partial charge in [0.15, 0.2) is 5.78 Å². The zero-order valence-corrected chi connectivity index (χ0v) is 11.9. The molecule has 0 aliphatic heterocycles. The zero-order valence-electron chi connectivity index (χ0n) is 11.9. The second-order valence-corrected chi connectivity index (χ2v) is 6.13. The number of carbonyl (C=O) groups excluding carboxylic acids is 1. The van der Waals surface area contributed by atoms with E-state index in [1.165, 1.54) is 0 Å². The first-order chi connectivity index (χ1) is 8.90. The van der Waals surface area contributed by atoms with Crippen LogP contribution in [0, 0.1) is 5.41 Å². The number of Topliss-reactive ketones (excluding diaryl/α,β-unsaturated/α-hetero) is 1. The molecular formula is C15H22N2O2. The fourth-order valence-corrected chi connectivity index (χ4v) is 2.71. The Morgan fingerprint density at radius 1 is 1.32 bits per heavy atom. The molecule has 0 bridgehead atoms. The highest BCUT2D eigenvalue weighted by atomic mass is 16.5. The lowest BCUT2D eigenvalue weighted by molar-refractivity contribution is -0.0382. The molecule has 1 aromatic rings. The molecule has 1 fully saturated rings. The van der Waals surface area contributed by atoms with E-state index < -0.39 is 5.60 Å². The zero-order chi connectivity index (χ0) is 14.1. The average molecular weight is 262 g/mol. The van der Waals surface area contributed by atoms with Crippen LogP contribution in [0.15, 0.2) is 18.3 Å². The molecule has 2 N–H and O–H groups in total. The van der Waals surface area contributed by atoms with Crippen LogP contribution in [-0.4, -0.2) is 23.5 Å². The Kier molecular flexibility index (Phi) is 3.63. The van der Waals surface area contributed by atoms with Gasteiger partial charge in [-0.05, 0) is 43.2 Å². The van der Waals surface area contributed by atoms with E-state index in [9.17, 15) is 4.79 Å². The standard InChI is InChI=1S/C15H22N2O2/c1-14(2)6-8-15(19-3,9-7-14)12(18)11-5-4-10-17-13(11)16/h4-5,10H,6-9H2,1-3H3,(H2,16,17). The van der Waals surface area contributed by atoms with Crippen molar-refractivity contribution in [1.82, 2.24) is 4.98 Å².